The highest BCUT2D eigenvalue weighted by Crippen LogP contribution is 2.15. The number of hydrogen-bond donors (Lipinski definition) is 3. The van der Waals surface area contributed by atoms with Crippen molar-refractivity contribution < 1.29 is 14.3 Å². The van der Waals surface area contributed by atoms with Crippen molar-refractivity contribution in [3.8, 4) is 5.75 Å². The lowest BCUT2D eigenvalue weighted by Gasteiger charge is -2.31. The molecule has 2 amide bonds. The Labute approximate surface area is 182 Å². The minimum absolute atomic E-state index is 0.0115. The second-order valence-electron chi connectivity index (χ2n) is 10.9. The van der Waals surface area contributed by atoms with Gasteiger partial charge < -0.3 is 20.7 Å². The number of nitrogens with one attached hydrogen (secondary N) is 3. The van der Waals surface area contributed by atoms with Gasteiger partial charge in [-0.2, -0.15) is 0 Å². The van der Waals surface area contributed by atoms with Crippen LogP contribution in [0.1, 0.15) is 74.3 Å². The number of amides is 2. The fourth-order valence-electron chi connectivity index (χ4n) is 2.89. The van der Waals surface area contributed by atoms with E-state index in [-0.39, 0.29) is 34.5 Å². The molecule has 0 aliphatic rings. The van der Waals surface area contributed by atoms with Gasteiger partial charge in [0.15, 0.2) is 0 Å². The van der Waals surface area contributed by atoms with Crippen LogP contribution in [0, 0.1) is 0 Å². The van der Waals surface area contributed by atoms with E-state index in [1.165, 1.54) is 0 Å². The van der Waals surface area contributed by atoms with E-state index in [1.54, 1.807) is 0 Å². The largest absolute Gasteiger partial charge is 0.493 e. The minimum Gasteiger partial charge on any atom is -0.493 e. The molecule has 170 valence electrons. The molecular formula is C24H41N3O3. The van der Waals surface area contributed by atoms with Crippen molar-refractivity contribution >= 4 is 11.8 Å². The predicted molar refractivity (Wildman–Crippen MR) is 123 cm³/mol. The predicted octanol–water partition coefficient (Wildman–Crippen LogP) is 3.58. The van der Waals surface area contributed by atoms with Crippen LogP contribution < -0.4 is 20.7 Å². The van der Waals surface area contributed by atoms with Gasteiger partial charge in [0.25, 0.3) is 0 Å². The second-order valence-corrected chi connectivity index (χ2v) is 10.9. The van der Waals surface area contributed by atoms with E-state index in [1.807, 2.05) is 65.8 Å². The van der Waals surface area contributed by atoms with Crippen LogP contribution in [0.4, 0.5) is 0 Å². The molecule has 3 N–H and O–H groups in total. The summed E-state index contributed by atoms with van der Waals surface area (Å²) >= 11 is 0. The molecule has 6 nitrogen and oxygen atoms in total. The lowest BCUT2D eigenvalue weighted by atomic mass is 9.99. The summed E-state index contributed by atoms with van der Waals surface area (Å²) in [5.74, 6) is 0.671. The summed E-state index contributed by atoms with van der Waals surface area (Å²) in [5, 5.41) is 9.40. The Morgan fingerprint density at radius 1 is 0.833 bits per heavy atom. The summed E-state index contributed by atoms with van der Waals surface area (Å²) in [6.07, 6.45) is 0.886. The van der Waals surface area contributed by atoms with Gasteiger partial charge in [-0.1, -0.05) is 12.1 Å². The molecule has 1 aromatic rings. The van der Waals surface area contributed by atoms with Gasteiger partial charge in [0.1, 0.15) is 5.75 Å². The maximum atomic E-state index is 12.8. The summed E-state index contributed by atoms with van der Waals surface area (Å²) in [7, 11) is 0. The Morgan fingerprint density at radius 3 is 1.83 bits per heavy atom. The molecule has 1 atom stereocenters. The van der Waals surface area contributed by atoms with Crippen LogP contribution >= 0.6 is 0 Å². The monoisotopic (exact) mass is 419 g/mol. The average Bonchev–Trinajstić information content (AvgIpc) is 2.51. The zero-order valence-electron chi connectivity index (χ0n) is 20.2. The van der Waals surface area contributed by atoms with E-state index in [0.29, 0.717) is 25.2 Å². The van der Waals surface area contributed by atoms with Gasteiger partial charge in [0.2, 0.25) is 11.8 Å². The van der Waals surface area contributed by atoms with Crippen LogP contribution in [0.15, 0.2) is 24.3 Å². The topological polar surface area (TPSA) is 79.5 Å². The summed E-state index contributed by atoms with van der Waals surface area (Å²) in [4.78, 5) is 24.6. The Balaban J connectivity index is 2.68. The molecule has 0 radical (unpaired) electrons. The first-order valence-corrected chi connectivity index (χ1v) is 10.7. The van der Waals surface area contributed by atoms with Crippen LogP contribution in [0.5, 0.6) is 5.75 Å². The van der Waals surface area contributed by atoms with Crippen molar-refractivity contribution in [2.75, 3.05) is 6.61 Å². The molecule has 1 unspecified atom stereocenters. The molecule has 0 saturated carbocycles. The summed E-state index contributed by atoms with van der Waals surface area (Å²) < 4.78 is 5.69. The first-order valence-electron chi connectivity index (χ1n) is 10.7. The van der Waals surface area contributed by atoms with Gasteiger partial charge in [-0.25, -0.2) is 0 Å². The number of rotatable bonds is 8. The molecule has 1 aromatic carbocycles. The van der Waals surface area contributed by atoms with E-state index < -0.39 is 0 Å². The normalized spacial score (nSPS) is 13.5. The Hall–Kier alpha value is -2.08. The summed E-state index contributed by atoms with van der Waals surface area (Å²) in [6.45, 7) is 18.3. The molecule has 0 fully saturated rings. The van der Waals surface area contributed by atoms with Crippen LogP contribution in [-0.4, -0.2) is 41.1 Å². The van der Waals surface area contributed by atoms with Gasteiger partial charge in [0, 0.05) is 16.6 Å². The third-order valence-electron chi connectivity index (χ3n) is 3.90. The number of carbonyl (C=O) groups is 2. The van der Waals surface area contributed by atoms with E-state index in [4.69, 9.17) is 4.74 Å². The van der Waals surface area contributed by atoms with Gasteiger partial charge in [-0.15, -0.1) is 0 Å². The van der Waals surface area contributed by atoms with Crippen LogP contribution in [0.2, 0.25) is 0 Å². The molecule has 1 rings (SSSR count). The number of ether oxygens (including phenoxy) is 1. The highest BCUT2D eigenvalue weighted by molar-refractivity contribution is 5.82. The molecule has 0 spiro atoms. The molecular weight excluding hydrogens is 378 g/mol. The SMILES string of the molecule is CC(C)(C)NC(=O)CCOc1ccc(CC(NC(C)(C)C)C(=O)NC(C)(C)C)cc1. The molecule has 0 aliphatic heterocycles. The molecule has 0 aromatic heterocycles. The zero-order chi connectivity index (χ0) is 23.2. The quantitative estimate of drug-likeness (QED) is 0.602. The van der Waals surface area contributed by atoms with Gasteiger partial charge >= 0.3 is 0 Å². The average molecular weight is 420 g/mol. The second kappa shape index (κ2) is 10.3. The first-order chi connectivity index (χ1) is 13.5. The smallest absolute Gasteiger partial charge is 0.237 e. The van der Waals surface area contributed by atoms with E-state index in [0.717, 1.165) is 5.56 Å². The Kier molecular flexibility index (Phi) is 8.90. The van der Waals surface area contributed by atoms with Crippen molar-refractivity contribution in [1.82, 2.24) is 16.0 Å². The molecule has 30 heavy (non-hydrogen) atoms. The third kappa shape index (κ3) is 11.8. The standard InChI is InChI=1S/C24H41N3O3/c1-22(2,3)25-19(21(29)27-24(7,8)9)16-17-10-12-18(13-11-17)30-15-14-20(28)26-23(4,5)6/h10-13,19,25H,14-16H2,1-9H3,(H,26,28)(H,27,29). The molecule has 0 heterocycles. The first kappa shape index (κ1) is 26.0. The highest BCUT2D eigenvalue weighted by atomic mass is 16.5. The Bertz CT molecular complexity index is 692. The number of hydrogen-bond acceptors (Lipinski definition) is 4. The number of benzene rings is 1. The molecule has 0 aliphatic carbocycles. The molecule has 0 saturated heterocycles. The third-order valence-corrected chi connectivity index (χ3v) is 3.90. The van der Waals surface area contributed by atoms with Crippen LogP contribution in [0.25, 0.3) is 0 Å². The van der Waals surface area contributed by atoms with Crippen molar-refractivity contribution in [3.05, 3.63) is 29.8 Å². The molecule has 6 heteroatoms. The van der Waals surface area contributed by atoms with E-state index in [9.17, 15) is 9.59 Å². The maximum Gasteiger partial charge on any atom is 0.237 e. The maximum absolute atomic E-state index is 12.8. The highest BCUT2D eigenvalue weighted by Gasteiger charge is 2.26. The van der Waals surface area contributed by atoms with E-state index >= 15 is 0 Å². The summed E-state index contributed by atoms with van der Waals surface area (Å²) in [5.41, 5.74) is 0.330. The van der Waals surface area contributed by atoms with Crippen molar-refractivity contribution in [2.45, 2.75) is 97.8 Å². The molecule has 0 bridgehead atoms. The minimum atomic E-state index is -0.336. The van der Waals surface area contributed by atoms with Crippen molar-refractivity contribution in [1.29, 1.82) is 0 Å². The van der Waals surface area contributed by atoms with Crippen molar-refractivity contribution in [3.63, 3.8) is 0 Å². The zero-order valence-corrected chi connectivity index (χ0v) is 20.2. The fraction of sp³-hybridized carbons (Fsp3) is 0.667. The van der Waals surface area contributed by atoms with Gasteiger partial charge in [-0.05, 0) is 86.4 Å². The van der Waals surface area contributed by atoms with E-state index in [2.05, 4.69) is 36.7 Å². The number of carbonyl (C=O) groups excluding carboxylic acids is 2. The lowest BCUT2D eigenvalue weighted by Crippen LogP contribution is -2.56. The lowest BCUT2D eigenvalue weighted by molar-refractivity contribution is -0.125. The van der Waals surface area contributed by atoms with Crippen molar-refractivity contribution in [2.24, 2.45) is 0 Å². The van der Waals surface area contributed by atoms with Crippen LogP contribution in [-0.2, 0) is 16.0 Å². The van der Waals surface area contributed by atoms with Gasteiger partial charge in [0.05, 0.1) is 19.1 Å². The van der Waals surface area contributed by atoms with Gasteiger partial charge in [-0.3, -0.25) is 9.59 Å². The van der Waals surface area contributed by atoms with Crippen LogP contribution in [0.3, 0.4) is 0 Å². The fourth-order valence-corrected chi connectivity index (χ4v) is 2.89. The Morgan fingerprint density at radius 2 is 1.37 bits per heavy atom. The summed E-state index contributed by atoms with van der Waals surface area (Å²) in [6, 6.07) is 7.36.